The Morgan fingerprint density at radius 3 is 2.81 bits per heavy atom. The fourth-order valence-corrected chi connectivity index (χ4v) is 2.80. The number of fused-ring (bicyclic) bond motifs is 1. The summed E-state index contributed by atoms with van der Waals surface area (Å²) in [7, 11) is 0. The molecule has 0 fully saturated rings. The summed E-state index contributed by atoms with van der Waals surface area (Å²) in [5.74, 6) is 0.00275. The van der Waals surface area contributed by atoms with E-state index in [1.54, 1.807) is 13.3 Å². The number of aliphatic carboxylic acids is 1. The minimum Gasteiger partial charge on any atom is -0.481 e. The van der Waals surface area contributed by atoms with Crippen LogP contribution in [-0.2, 0) is 17.6 Å². The molecule has 2 unspecified atom stereocenters. The molecule has 1 aromatic rings. The van der Waals surface area contributed by atoms with Crippen LogP contribution in [-0.4, -0.2) is 27.1 Å². The second-order valence-corrected chi connectivity index (χ2v) is 6.07. The van der Waals surface area contributed by atoms with Gasteiger partial charge in [0, 0.05) is 17.3 Å². The molecule has 1 aliphatic rings. The average molecular weight is 291 g/mol. The molecule has 116 valence electrons. The first-order valence-electron chi connectivity index (χ1n) is 7.90. The number of aryl methyl sites for hydroxylation is 1. The number of anilines is 1. The highest BCUT2D eigenvalue weighted by atomic mass is 16.4. The van der Waals surface area contributed by atoms with Gasteiger partial charge in [0.2, 0.25) is 0 Å². The van der Waals surface area contributed by atoms with Crippen LogP contribution in [0, 0.1) is 5.92 Å². The number of aromatic nitrogens is 2. The van der Waals surface area contributed by atoms with E-state index in [4.69, 9.17) is 5.11 Å². The van der Waals surface area contributed by atoms with Crippen LogP contribution in [0.15, 0.2) is 6.33 Å². The molecular formula is C16H25N3O2. The molecule has 2 N–H and O–H groups in total. The first-order valence-corrected chi connectivity index (χ1v) is 7.90. The first kappa shape index (κ1) is 15.7. The summed E-state index contributed by atoms with van der Waals surface area (Å²) in [5, 5.41) is 12.4. The van der Waals surface area contributed by atoms with E-state index in [9.17, 15) is 4.79 Å². The van der Waals surface area contributed by atoms with E-state index >= 15 is 0 Å². The Bertz CT molecular complexity index is 490. The average Bonchev–Trinajstić information content (AvgIpc) is 2.47. The van der Waals surface area contributed by atoms with Gasteiger partial charge >= 0.3 is 5.97 Å². The zero-order valence-corrected chi connectivity index (χ0v) is 12.9. The van der Waals surface area contributed by atoms with Crippen molar-refractivity contribution in [2.75, 3.05) is 5.32 Å². The molecule has 0 saturated heterocycles. The van der Waals surface area contributed by atoms with Gasteiger partial charge in [-0.05, 0) is 45.4 Å². The van der Waals surface area contributed by atoms with Crippen LogP contribution in [0.1, 0.15) is 57.2 Å². The van der Waals surface area contributed by atoms with Crippen molar-refractivity contribution in [3.8, 4) is 0 Å². The Morgan fingerprint density at radius 2 is 2.05 bits per heavy atom. The largest absolute Gasteiger partial charge is 0.481 e. The number of nitrogens with one attached hydrogen (secondary N) is 1. The van der Waals surface area contributed by atoms with Crippen molar-refractivity contribution in [3.05, 3.63) is 17.6 Å². The fraction of sp³-hybridized carbons (Fsp3) is 0.688. The molecule has 2 atom stereocenters. The molecule has 1 aromatic heterocycles. The van der Waals surface area contributed by atoms with E-state index < -0.39 is 5.97 Å². The summed E-state index contributed by atoms with van der Waals surface area (Å²) in [5.41, 5.74) is 2.46. The highest BCUT2D eigenvalue weighted by molar-refractivity contribution is 5.69. The highest BCUT2D eigenvalue weighted by Gasteiger charge is 2.17. The molecule has 1 heterocycles. The predicted octanol–water partition coefficient (Wildman–Crippen LogP) is 3.05. The van der Waals surface area contributed by atoms with Crippen molar-refractivity contribution in [3.63, 3.8) is 0 Å². The minimum absolute atomic E-state index is 0.260. The lowest BCUT2D eigenvalue weighted by Crippen LogP contribution is -2.20. The molecule has 0 amide bonds. The summed E-state index contributed by atoms with van der Waals surface area (Å²) in [6, 6.07) is 0.298. The van der Waals surface area contributed by atoms with E-state index in [2.05, 4.69) is 22.2 Å². The molecule has 1 aliphatic carbocycles. The molecular weight excluding hydrogens is 266 g/mol. The van der Waals surface area contributed by atoms with E-state index in [0.29, 0.717) is 6.04 Å². The van der Waals surface area contributed by atoms with Gasteiger partial charge in [-0.15, -0.1) is 0 Å². The second kappa shape index (κ2) is 7.38. The maximum absolute atomic E-state index is 10.8. The number of carbonyl (C=O) groups is 1. The number of carboxylic acids is 1. The first-order chi connectivity index (χ1) is 10.1. The summed E-state index contributed by atoms with van der Waals surface area (Å²) in [4.78, 5) is 19.6. The highest BCUT2D eigenvalue weighted by Crippen LogP contribution is 2.25. The number of hydrogen-bond acceptors (Lipinski definition) is 4. The molecule has 5 nitrogen and oxygen atoms in total. The zero-order valence-electron chi connectivity index (χ0n) is 12.9. The Balaban J connectivity index is 1.85. The van der Waals surface area contributed by atoms with Crippen molar-refractivity contribution in [2.45, 2.75) is 64.8 Å². The van der Waals surface area contributed by atoms with Crippen LogP contribution in [0.5, 0.6) is 0 Å². The molecule has 0 radical (unpaired) electrons. The summed E-state index contributed by atoms with van der Waals surface area (Å²) < 4.78 is 0. The van der Waals surface area contributed by atoms with Gasteiger partial charge in [-0.2, -0.15) is 0 Å². The van der Waals surface area contributed by atoms with Gasteiger partial charge in [0.25, 0.3) is 0 Å². The Kier molecular flexibility index (Phi) is 5.53. The standard InChI is InChI=1S/C16H25N3O2/c1-11(16(20)21)6-5-7-12(2)19-15-13-8-3-4-9-14(13)17-10-18-15/h10-12H,3-9H2,1-2H3,(H,20,21)(H,17,18,19). The summed E-state index contributed by atoms with van der Waals surface area (Å²) in [6.45, 7) is 3.89. The third kappa shape index (κ3) is 4.41. The minimum atomic E-state index is -0.708. The van der Waals surface area contributed by atoms with Gasteiger partial charge < -0.3 is 10.4 Å². The number of carboxylic acid groups (broad SMARTS) is 1. The van der Waals surface area contributed by atoms with E-state index in [-0.39, 0.29) is 5.92 Å². The Morgan fingerprint density at radius 1 is 1.29 bits per heavy atom. The number of nitrogens with zero attached hydrogens (tertiary/aromatic N) is 2. The lowest BCUT2D eigenvalue weighted by molar-refractivity contribution is -0.141. The van der Waals surface area contributed by atoms with Gasteiger partial charge in [0.05, 0.1) is 5.92 Å². The van der Waals surface area contributed by atoms with Crippen molar-refractivity contribution >= 4 is 11.8 Å². The number of rotatable bonds is 7. The van der Waals surface area contributed by atoms with Crippen LogP contribution in [0.3, 0.4) is 0 Å². The lowest BCUT2D eigenvalue weighted by atomic mass is 9.96. The fourth-order valence-electron chi connectivity index (χ4n) is 2.80. The second-order valence-electron chi connectivity index (χ2n) is 6.07. The molecule has 0 aliphatic heterocycles. The maximum Gasteiger partial charge on any atom is 0.306 e. The number of hydrogen-bond donors (Lipinski definition) is 2. The molecule has 0 bridgehead atoms. The molecule has 0 aromatic carbocycles. The van der Waals surface area contributed by atoms with Crippen LogP contribution in [0.4, 0.5) is 5.82 Å². The van der Waals surface area contributed by atoms with E-state index in [1.807, 2.05) is 0 Å². The molecule has 2 rings (SSSR count). The topological polar surface area (TPSA) is 75.1 Å². The molecule has 0 spiro atoms. The van der Waals surface area contributed by atoms with Crippen molar-refractivity contribution in [1.29, 1.82) is 0 Å². The van der Waals surface area contributed by atoms with Crippen LogP contribution in [0.2, 0.25) is 0 Å². The van der Waals surface area contributed by atoms with Crippen molar-refractivity contribution < 1.29 is 9.90 Å². The zero-order chi connectivity index (χ0) is 15.2. The predicted molar refractivity (Wildman–Crippen MR) is 82.4 cm³/mol. The quantitative estimate of drug-likeness (QED) is 0.807. The van der Waals surface area contributed by atoms with Crippen molar-refractivity contribution in [2.24, 2.45) is 5.92 Å². The van der Waals surface area contributed by atoms with Crippen molar-refractivity contribution in [1.82, 2.24) is 9.97 Å². The van der Waals surface area contributed by atoms with Gasteiger partial charge in [-0.25, -0.2) is 9.97 Å². The lowest BCUT2D eigenvalue weighted by Gasteiger charge is -2.21. The smallest absolute Gasteiger partial charge is 0.306 e. The van der Waals surface area contributed by atoms with E-state index in [0.717, 1.165) is 37.9 Å². The normalized spacial score (nSPS) is 16.9. The Labute approximate surface area is 126 Å². The third-order valence-electron chi connectivity index (χ3n) is 4.20. The summed E-state index contributed by atoms with van der Waals surface area (Å²) in [6.07, 6.45) is 8.77. The van der Waals surface area contributed by atoms with E-state index in [1.165, 1.54) is 24.1 Å². The van der Waals surface area contributed by atoms with Gasteiger partial charge in [0.1, 0.15) is 12.1 Å². The molecule has 21 heavy (non-hydrogen) atoms. The van der Waals surface area contributed by atoms with Gasteiger partial charge in [0.15, 0.2) is 0 Å². The van der Waals surface area contributed by atoms with Crippen LogP contribution < -0.4 is 5.32 Å². The van der Waals surface area contributed by atoms with Gasteiger partial charge in [-0.3, -0.25) is 4.79 Å². The maximum atomic E-state index is 10.8. The SMILES string of the molecule is CC(CCCC(C)C(=O)O)Nc1ncnc2c1CCCC2. The third-order valence-corrected chi connectivity index (χ3v) is 4.20. The van der Waals surface area contributed by atoms with Crippen LogP contribution in [0.25, 0.3) is 0 Å². The van der Waals surface area contributed by atoms with Gasteiger partial charge in [-0.1, -0.05) is 13.3 Å². The molecule has 5 heteroatoms. The summed E-state index contributed by atoms with van der Waals surface area (Å²) >= 11 is 0. The monoisotopic (exact) mass is 291 g/mol. The molecule has 0 saturated carbocycles. The Hall–Kier alpha value is -1.65. The van der Waals surface area contributed by atoms with Crippen LogP contribution >= 0.6 is 0 Å².